The lowest BCUT2D eigenvalue weighted by molar-refractivity contribution is 0.0526. The van der Waals surface area contributed by atoms with E-state index >= 15 is 0 Å². The summed E-state index contributed by atoms with van der Waals surface area (Å²) in [5, 5.41) is 5.33. The fourth-order valence-electron chi connectivity index (χ4n) is 5.37. The van der Waals surface area contributed by atoms with Crippen molar-refractivity contribution in [1.82, 2.24) is 25.2 Å². The predicted molar refractivity (Wildman–Crippen MR) is 147 cm³/mol. The molecule has 0 saturated carbocycles. The molecule has 1 aliphatic rings. The third kappa shape index (κ3) is 5.93. The van der Waals surface area contributed by atoms with Crippen LogP contribution in [0.1, 0.15) is 69.4 Å². The number of aromatic amines is 1. The fourth-order valence-corrected chi connectivity index (χ4v) is 5.37. The molecule has 0 bridgehead atoms. The van der Waals surface area contributed by atoms with E-state index in [-0.39, 0.29) is 12.1 Å². The topological polar surface area (TPSA) is 83.1 Å². The molecule has 0 saturated heterocycles. The highest BCUT2D eigenvalue weighted by atomic mass is 16.6. The molecule has 0 radical (unpaired) electrons. The van der Waals surface area contributed by atoms with Gasteiger partial charge in [-0.15, -0.1) is 0 Å². The molecule has 1 atom stereocenters. The van der Waals surface area contributed by atoms with Crippen LogP contribution in [0, 0.1) is 0 Å². The van der Waals surface area contributed by atoms with Crippen LogP contribution in [0.2, 0.25) is 0 Å². The summed E-state index contributed by atoms with van der Waals surface area (Å²) < 4.78 is 5.36. The monoisotopic (exact) mass is 499 g/mol. The van der Waals surface area contributed by atoms with E-state index in [1.54, 1.807) is 0 Å². The van der Waals surface area contributed by atoms with Gasteiger partial charge >= 0.3 is 6.09 Å². The standard InChI is InChI=1S/C30H37N5O2/c1-30(2,3)37-29(36)33-16-6-7-19-35(26-14-8-10-21-11-9-17-32-27(21)26)20-25-28-23(15-18-31-25)22-12-4-5-13-24(22)34-28/h4-5,9,11-13,15,17-18,26,34H,6-8,10,14,16,19-20H2,1-3H3,(H,33,36). The van der Waals surface area contributed by atoms with Crippen molar-refractivity contribution in [2.45, 2.75) is 71.1 Å². The molecule has 7 nitrogen and oxygen atoms in total. The van der Waals surface area contributed by atoms with Gasteiger partial charge in [-0.05, 0) is 83.2 Å². The van der Waals surface area contributed by atoms with Gasteiger partial charge < -0.3 is 15.0 Å². The van der Waals surface area contributed by atoms with Crippen LogP contribution < -0.4 is 5.32 Å². The van der Waals surface area contributed by atoms with Crippen LogP contribution in [0.4, 0.5) is 4.79 Å². The second-order valence-electron chi connectivity index (χ2n) is 10.9. The maximum absolute atomic E-state index is 12.0. The number of unbranched alkanes of at least 4 members (excludes halogenated alkanes) is 1. The smallest absolute Gasteiger partial charge is 0.407 e. The Morgan fingerprint density at radius 2 is 1.95 bits per heavy atom. The van der Waals surface area contributed by atoms with Crippen molar-refractivity contribution in [3.63, 3.8) is 0 Å². The molecule has 1 amide bonds. The number of nitrogens with zero attached hydrogens (tertiary/aromatic N) is 3. The largest absolute Gasteiger partial charge is 0.444 e. The van der Waals surface area contributed by atoms with Crippen LogP contribution in [0.5, 0.6) is 0 Å². The van der Waals surface area contributed by atoms with Crippen LogP contribution in [-0.2, 0) is 17.7 Å². The number of hydrogen-bond acceptors (Lipinski definition) is 5. The number of fused-ring (bicyclic) bond motifs is 4. The van der Waals surface area contributed by atoms with Crippen molar-refractivity contribution in [3.8, 4) is 0 Å². The van der Waals surface area contributed by atoms with Gasteiger partial charge in [-0.1, -0.05) is 24.3 Å². The minimum Gasteiger partial charge on any atom is -0.444 e. The van der Waals surface area contributed by atoms with E-state index in [9.17, 15) is 4.79 Å². The van der Waals surface area contributed by atoms with Gasteiger partial charge in [0.05, 0.1) is 22.9 Å². The first-order valence-corrected chi connectivity index (χ1v) is 13.4. The first kappa shape index (κ1) is 25.2. The van der Waals surface area contributed by atoms with Gasteiger partial charge in [0.15, 0.2) is 0 Å². The quantitative estimate of drug-likeness (QED) is 0.278. The Kier molecular flexibility index (Phi) is 7.42. The molecule has 0 fully saturated rings. The van der Waals surface area contributed by atoms with Crippen molar-refractivity contribution in [1.29, 1.82) is 0 Å². The minimum absolute atomic E-state index is 0.255. The summed E-state index contributed by atoms with van der Waals surface area (Å²) >= 11 is 0. The molecular formula is C30H37N5O2. The molecule has 5 rings (SSSR count). The first-order chi connectivity index (χ1) is 17.9. The highest BCUT2D eigenvalue weighted by molar-refractivity contribution is 6.07. The van der Waals surface area contributed by atoms with E-state index in [1.807, 2.05) is 39.2 Å². The number of carbonyl (C=O) groups excluding carboxylic acids is 1. The number of benzene rings is 1. The highest BCUT2D eigenvalue weighted by Crippen LogP contribution is 2.35. The first-order valence-electron chi connectivity index (χ1n) is 13.4. The second kappa shape index (κ2) is 10.9. The van der Waals surface area contributed by atoms with Crippen molar-refractivity contribution in [2.24, 2.45) is 0 Å². The van der Waals surface area contributed by atoms with Gasteiger partial charge in [0.25, 0.3) is 0 Å². The van der Waals surface area contributed by atoms with Crippen LogP contribution in [0.15, 0.2) is 54.9 Å². The van der Waals surface area contributed by atoms with E-state index in [0.29, 0.717) is 6.54 Å². The van der Waals surface area contributed by atoms with Gasteiger partial charge in [0, 0.05) is 41.8 Å². The number of ether oxygens (including phenoxy) is 1. The zero-order valence-corrected chi connectivity index (χ0v) is 22.1. The molecule has 1 aliphatic carbocycles. The van der Waals surface area contributed by atoms with Crippen molar-refractivity contribution >= 4 is 27.9 Å². The summed E-state index contributed by atoms with van der Waals surface area (Å²) in [6.07, 6.45) is 8.64. The second-order valence-corrected chi connectivity index (χ2v) is 10.9. The number of H-pyrrole nitrogens is 1. The normalized spacial score (nSPS) is 15.7. The van der Waals surface area contributed by atoms with E-state index in [4.69, 9.17) is 14.7 Å². The zero-order chi connectivity index (χ0) is 25.8. The zero-order valence-electron chi connectivity index (χ0n) is 22.1. The third-order valence-electron chi connectivity index (χ3n) is 7.01. The summed E-state index contributed by atoms with van der Waals surface area (Å²) in [5.74, 6) is 0. The van der Waals surface area contributed by atoms with Gasteiger partial charge in [0.1, 0.15) is 5.60 Å². The van der Waals surface area contributed by atoms with Gasteiger partial charge in [0.2, 0.25) is 0 Å². The number of alkyl carbamates (subject to hydrolysis) is 1. The Bertz CT molecular complexity index is 1370. The van der Waals surface area contributed by atoms with Crippen LogP contribution in [0.25, 0.3) is 21.8 Å². The number of aryl methyl sites for hydroxylation is 1. The lowest BCUT2D eigenvalue weighted by atomic mass is 9.90. The number of pyridine rings is 2. The summed E-state index contributed by atoms with van der Waals surface area (Å²) in [7, 11) is 0. The van der Waals surface area contributed by atoms with E-state index in [1.165, 1.54) is 22.0 Å². The lowest BCUT2D eigenvalue weighted by Crippen LogP contribution is -2.34. The Morgan fingerprint density at radius 1 is 1.08 bits per heavy atom. The molecule has 194 valence electrons. The predicted octanol–water partition coefficient (Wildman–Crippen LogP) is 6.30. The average molecular weight is 500 g/mol. The Hall–Kier alpha value is -3.45. The maximum atomic E-state index is 12.0. The molecule has 2 N–H and O–H groups in total. The average Bonchev–Trinajstić information content (AvgIpc) is 3.26. The summed E-state index contributed by atoms with van der Waals surface area (Å²) in [6.45, 7) is 7.87. The highest BCUT2D eigenvalue weighted by Gasteiger charge is 2.28. The molecule has 3 heterocycles. The van der Waals surface area contributed by atoms with Crippen molar-refractivity contribution in [2.75, 3.05) is 13.1 Å². The van der Waals surface area contributed by atoms with Crippen LogP contribution in [0.3, 0.4) is 0 Å². The van der Waals surface area contributed by atoms with Crippen LogP contribution in [-0.4, -0.2) is 44.6 Å². The van der Waals surface area contributed by atoms with Gasteiger partial charge in [-0.25, -0.2) is 4.79 Å². The molecule has 4 aromatic rings. The van der Waals surface area contributed by atoms with Gasteiger partial charge in [-0.3, -0.25) is 14.9 Å². The van der Waals surface area contributed by atoms with Crippen LogP contribution >= 0.6 is 0 Å². The molecule has 37 heavy (non-hydrogen) atoms. The summed E-state index contributed by atoms with van der Waals surface area (Å²) in [5.41, 5.74) is 5.37. The van der Waals surface area contributed by atoms with Gasteiger partial charge in [-0.2, -0.15) is 0 Å². The Labute approximate surface area is 218 Å². The fraction of sp³-hybridized carbons (Fsp3) is 0.433. The number of amides is 1. The number of para-hydroxylation sites is 1. The van der Waals surface area contributed by atoms with E-state index in [0.717, 1.165) is 61.9 Å². The number of carbonyl (C=O) groups is 1. The molecule has 0 spiro atoms. The number of rotatable bonds is 8. The third-order valence-corrected chi connectivity index (χ3v) is 7.01. The van der Waals surface area contributed by atoms with Crippen molar-refractivity contribution in [3.05, 3.63) is 71.8 Å². The summed E-state index contributed by atoms with van der Waals surface area (Å²) in [4.78, 5) is 27.8. The molecule has 7 heteroatoms. The Balaban J connectivity index is 1.34. The lowest BCUT2D eigenvalue weighted by Gasteiger charge is -2.35. The van der Waals surface area contributed by atoms with E-state index in [2.05, 4.69) is 51.6 Å². The SMILES string of the molecule is CC(C)(C)OC(=O)NCCCCN(Cc1nccc2c1[nH]c1ccccc12)C1CCCc2cccnc21. The molecule has 1 aromatic carbocycles. The molecule has 3 aromatic heterocycles. The molecular weight excluding hydrogens is 462 g/mol. The Morgan fingerprint density at radius 3 is 2.81 bits per heavy atom. The van der Waals surface area contributed by atoms with E-state index < -0.39 is 5.60 Å². The number of nitrogens with one attached hydrogen (secondary N) is 2. The summed E-state index contributed by atoms with van der Waals surface area (Å²) in [6, 6.07) is 15.0. The van der Waals surface area contributed by atoms with Crippen molar-refractivity contribution < 1.29 is 9.53 Å². The maximum Gasteiger partial charge on any atom is 0.407 e. The molecule has 1 unspecified atom stereocenters. The number of aromatic nitrogens is 3. The number of hydrogen-bond donors (Lipinski definition) is 2. The molecule has 0 aliphatic heterocycles. The minimum atomic E-state index is -0.487.